The van der Waals surface area contributed by atoms with E-state index in [0.29, 0.717) is 19.4 Å². The first-order chi connectivity index (χ1) is 18.9. The lowest BCUT2D eigenvalue weighted by atomic mass is 9.98. The van der Waals surface area contributed by atoms with Gasteiger partial charge in [0.1, 0.15) is 18.7 Å². The molecule has 1 heterocycles. The SMILES string of the molecule is C[C@H](OCc1ccccc1)[C@@H](NC(=O)OCC1c2ccccc2-c2ccccc21)C(=O)N1CCCC1C(=O)O. The van der Waals surface area contributed by atoms with Crippen LogP contribution >= 0.6 is 0 Å². The van der Waals surface area contributed by atoms with E-state index >= 15 is 0 Å². The molecule has 1 saturated heterocycles. The zero-order chi connectivity index (χ0) is 27.4. The molecule has 0 aromatic heterocycles. The average molecular weight is 529 g/mol. The van der Waals surface area contributed by atoms with Crippen LogP contribution in [0.15, 0.2) is 78.9 Å². The number of carboxylic acids is 1. The highest BCUT2D eigenvalue weighted by atomic mass is 16.5. The number of nitrogens with one attached hydrogen (secondary N) is 1. The van der Waals surface area contributed by atoms with Crippen LogP contribution < -0.4 is 5.32 Å². The molecular formula is C31H32N2O6. The van der Waals surface area contributed by atoms with E-state index in [1.807, 2.05) is 66.7 Å². The number of ether oxygens (including phenoxy) is 2. The summed E-state index contributed by atoms with van der Waals surface area (Å²) in [5, 5.41) is 12.3. The molecule has 1 aliphatic carbocycles. The molecule has 3 aromatic rings. The van der Waals surface area contributed by atoms with Crippen molar-refractivity contribution in [3.05, 3.63) is 95.6 Å². The molecule has 1 aliphatic heterocycles. The second-order valence-electron chi connectivity index (χ2n) is 9.98. The van der Waals surface area contributed by atoms with Crippen molar-refractivity contribution in [2.24, 2.45) is 0 Å². The molecule has 2 amide bonds. The van der Waals surface area contributed by atoms with E-state index in [-0.39, 0.29) is 19.1 Å². The van der Waals surface area contributed by atoms with Crippen LogP contribution in [0.5, 0.6) is 0 Å². The number of alkyl carbamates (subject to hydrolysis) is 1. The van der Waals surface area contributed by atoms with Gasteiger partial charge in [-0.3, -0.25) is 4.79 Å². The maximum atomic E-state index is 13.5. The molecule has 0 spiro atoms. The van der Waals surface area contributed by atoms with Crippen LogP contribution in [0, 0.1) is 0 Å². The second kappa shape index (κ2) is 11.7. The Bertz CT molecular complexity index is 1300. The van der Waals surface area contributed by atoms with E-state index in [1.54, 1.807) is 6.92 Å². The van der Waals surface area contributed by atoms with Gasteiger partial charge in [0.15, 0.2) is 0 Å². The van der Waals surface area contributed by atoms with Crippen LogP contribution in [0.3, 0.4) is 0 Å². The highest BCUT2D eigenvalue weighted by molar-refractivity contribution is 5.90. The van der Waals surface area contributed by atoms with Gasteiger partial charge in [-0.1, -0.05) is 78.9 Å². The van der Waals surface area contributed by atoms with Crippen LogP contribution in [0.1, 0.15) is 42.4 Å². The van der Waals surface area contributed by atoms with E-state index < -0.39 is 36.2 Å². The highest BCUT2D eigenvalue weighted by Crippen LogP contribution is 2.44. The average Bonchev–Trinajstić information content (AvgIpc) is 3.57. The van der Waals surface area contributed by atoms with Crippen molar-refractivity contribution in [3.8, 4) is 11.1 Å². The molecule has 8 heteroatoms. The molecule has 0 saturated carbocycles. The van der Waals surface area contributed by atoms with Crippen molar-refractivity contribution in [2.45, 2.75) is 50.5 Å². The van der Waals surface area contributed by atoms with E-state index in [4.69, 9.17) is 9.47 Å². The highest BCUT2D eigenvalue weighted by Gasteiger charge is 2.40. The Labute approximate surface area is 227 Å². The number of hydrogen-bond acceptors (Lipinski definition) is 5. The summed E-state index contributed by atoms with van der Waals surface area (Å²) in [4.78, 5) is 39.7. The minimum Gasteiger partial charge on any atom is -0.480 e. The monoisotopic (exact) mass is 528 g/mol. The summed E-state index contributed by atoms with van der Waals surface area (Å²) in [6.45, 7) is 2.34. The maximum absolute atomic E-state index is 13.5. The van der Waals surface area contributed by atoms with Crippen LogP contribution in [0.2, 0.25) is 0 Å². The number of benzene rings is 3. The van der Waals surface area contributed by atoms with Gasteiger partial charge < -0.3 is 24.8 Å². The third kappa shape index (κ3) is 5.66. The second-order valence-corrected chi connectivity index (χ2v) is 9.98. The molecule has 0 bridgehead atoms. The van der Waals surface area contributed by atoms with E-state index in [0.717, 1.165) is 27.8 Å². The number of fused-ring (bicyclic) bond motifs is 3. The molecule has 5 rings (SSSR count). The number of nitrogens with zero attached hydrogens (tertiary/aromatic N) is 1. The van der Waals surface area contributed by atoms with Gasteiger partial charge in [-0.15, -0.1) is 0 Å². The van der Waals surface area contributed by atoms with Crippen molar-refractivity contribution < 1.29 is 29.0 Å². The summed E-state index contributed by atoms with van der Waals surface area (Å²) in [6.07, 6.45) is -0.526. The van der Waals surface area contributed by atoms with Crippen molar-refractivity contribution in [2.75, 3.05) is 13.2 Å². The molecule has 1 unspecified atom stereocenters. The molecule has 3 atom stereocenters. The fourth-order valence-electron chi connectivity index (χ4n) is 5.51. The largest absolute Gasteiger partial charge is 0.480 e. The standard InChI is InChI=1S/C31H32N2O6/c1-20(38-18-21-10-3-2-4-11-21)28(29(34)33-17-9-16-27(33)30(35)36)32-31(37)39-19-26-24-14-7-5-12-22(24)23-13-6-8-15-25(23)26/h2-8,10-15,20,26-28H,9,16-19H2,1H3,(H,32,37)(H,35,36)/t20-,27?,28+/m0/s1. The molecule has 2 N–H and O–H groups in total. The molecular weight excluding hydrogens is 496 g/mol. The van der Waals surface area contributed by atoms with E-state index in [2.05, 4.69) is 17.4 Å². The first-order valence-electron chi connectivity index (χ1n) is 13.2. The fraction of sp³-hybridized carbons (Fsp3) is 0.323. The lowest BCUT2D eigenvalue weighted by molar-refractivity contribution is -0.150. The van der Waals surface area contributed by atoms with Gasteiger partial charge in [0.25, 0.3) is 0 Å². The topological polar surface area (TPSA) is 105 Å². The van der Waals surface area contributed by atoms with Crippen molar-refractivity contribution in [1.82, 2.24) is 10.2 Å². The first-order valence-corrected chi connectivity index (χ1v) is 13.2. The van der Waals surface area contributed by atoms with Gasteiger partial charge in [0, 0.05) is 12.5 Å². The number of carbonyl (C=O) groups excluding carboxylic acids is 2. The number of rotatable bonds is 9. The van der Waals surface area contributed by atoms with Gasteiger partial charge in [-0.05, 0) is 47.6 Å². The van der Waals surface area contributed by atoms with Gasteiger partial charge in [0.05, 0.1) is 12.7 Å². The minimum atomic E-state index is -1.11. The smallest absolute Gasteiger partial charge is 0.407 e. The zero-order valence-corrected chi connectivity index (χ0v) is 21.8. The number of likely N-dealkylation sites (tertiary alicyclic amines) is 1. The predicted molar refractivity (Wildman–Crippen MR) is 145 cm³/mol. The van der Waals surface area contributed by atoms with E-state index in [9.17, 15) is 19.5 Å². The Hall–Kier alpha value is -4.17. The zero-order valence-electron chi connectivity index (χ0n) is 21.8. The van der Waals surface area contributed by atoms with Crippen molar-refractivity contribution in [3.63, 3.8) is 0 Å². The molecule has 39 heavy (non-hydrogen) atoms. The maximum Gasteiger partial charge on any atom is 0.407 e. The summed E-state index contributed by atoms with van der Waals surface area (Å²) in [5.41, 5.74) is 5.32. The van der Waals surface area contributed by atoms with Gasteiger partial charge >= 0.3 is 12.1 Å². The molecule has 202 valence electrons. The number of hydrogen-bond donors (Lipinski definition) is 2. The Morgan fingerprint density at radius 2 is 1.56 bits per heavy atom. The summed E-state index contributed by atoms with van der Waals surface area (Å²) in [6, 6.07) is 23.6. The van der Waals surface area contributed by atoms with Crippen LogP contribution in [0.4, 0.5) is 4.79 Å². The van der Waals surface area contributed by atoms with E-state index in [1.165, 1.54) is 4.90 Å². The number of carbonyl (C=O) groups is 3. The van der Waals surface area contributed by atoms with Crippen LogP contribution in [-0.2, 0) is 25.7 Å². The number of aliphatic carboxylic acids is 1. The van der Waals surface area contributed by atoms with Crippen molar-refractivity contribution >= 4 is 18.0 Å². The number of amides is 2. The Morgan fingerprint density at radius 3 is 2.21 bits per heavy atom. The molecule has 3 aromatic carbocycles. The Kier molecular flexibility index (Phi) is 7.93. The van der Waals surface area contributed by atoms with Gasteiger partial charge in [-0.2, -0.15) is 0 Å². The lowest BCUT2D eigenvalue weighted by Crippen LogP contribution is -2.56. The summed E-state index contributed by atoms with van der Waals surface area (Å²) in [7, 11) is 0. The molecule has 8 nitrogen and oxygen atoms in total. The predicted octanol–water partition coefficient (Wildman–Crippen LogP) is 4.57. The van der Waals surface area contributed by atoms with Gasteiger partial charge in [-0.25, -0.2) is 9.59 Å². The summed E-state index contributed by atoms with van der Waals surface area (Å²) in [5.74, 6) is -1.67. The quantitative estimate of drug-likeness (QED) is 0.422. The Balaban J connectivity index is 1.29. The third-order valence-corrected chi connectivity index (χ3v) is 7.53. The fourth-order valence-corrected chi connectivity index (χ4v) is 5.51. The molecule has 1 fully saturated rings. The van der Waals surface area contributed by atoms with Crippen molar-refractivity contribution in [1.29, 1.82) is 0 Å². The first kappa shape index (κ1) is 26.4. The lowest BCUT2D eigenvalue weighted by Gasteiger charge is -2.30. The summed E-state index contributed by atoms with van der Waals surface area (Å²) < 4.78 is 11.7. The molecule has 0 radical (unpaired) electrons. The minimum absolute atomic E-state index is 0.0987. The van der Waals surface area contributed by atoms with Crippen LogP contribution in [-0.4, -0.2) is 59.3 Å². The van der Waals surface area contributed by atoms with Gasteiger partial charge in [0.2, 0.25) is 5.91 Å². The summed E-state index contributed by atoms with van der Waals surface area (Å²) >= 11 is 0. The molecule has 2 aliphatic rings. The Morgan fingerprint density at radius 1 is 0.949 bits per heavy atom. The third-order valence-electron chi connectivity index (χ3n) is 7.53. The normalized spacial score (nSPS) is 17.7. The number of carboxylic acid groups (broad SMARTS) is 1. The van der Waals surface area contributed by atoms with Crippen LogP contribution in [0.25, 0.3) is 11.1 Å².